The Bertz CT molecular complexity index is 984. The number of carbonyl (C=O) groups excluding carboxylic acids is 1. The summed E-state index contributed by atoms with van der Waals surface area (Å²) >= 11 is 11.8. The van der Waals surface area contributed by atoms with Crippen LogP contribution in [0, 0.1) is 0 Å². The van der Waals surface area contributed by atoms with Crippen LogP contribution in [0.5, 0.6) is 0 Å². The van der Waals surface area contributed by atoms with Crippen LogP contribution in [0.2, 0.25) is 10.0 Å². The summed E-state index contributed by atoms with van der Waals surface area (Å²) in [5.74, 6) is -0.194. The van der Waals surface area contributed by atoms with E-state index in [1.165, 1.54) is 10.9 Å². The minimum absolute atomic E-state index is 0.0849. The van der Waals surface area contributed by atoms with Crippen LogP contribution in [0.3, 0.4) is 0 Å². The molecule has 2 aromatic carbocycles. The summed E-state index contributed by atoms with van der Waals surface area (Å²) in [4.78, 5) is 30.7. The first-order valence-corrected chi connectivity index (χ1v) is 8.33. The van der Waals surface area contributed by atoms with E-state index in [1.807, 2.05) is 12.1 Å². The molecule has 0 aliphatic heterocycles. The average Bonchev–Trinajstić information content (AvgIpc) is 2.59. The molecule has 0 saturated heterocycles. The molecule has 1 aromatic heterocycles. The van der Waals surface area contributed by atoms with Crippen LogP contribution in [-0.2, 0) is 17.9 Å². The van der Waals surface area contributed by atoms with E-state index < -0.39 is 0 Å². The van der Waals surface area contributed by atoms with Crippen LogP contribution in [0.1, 0.15) is 5.56 Å². The van der Waals surface area contributed by atoms with Gasteiger partial charge in [0.15, 0.2) is 0 Å². The van der Waals surface area contributed by atoms with Gasteiger partial charge in [-0.25, -0.2) is 4.98 Å². The molecule has 1 heterocycles. The Labute approximate surface area is 154 Å². The summed E-state index contributed by atoms with van der Waals surface area (Å²) in [6, 6.07) is 12.2. The smallest absolute Gasteiger partial charge is 0.261 e. The molecule has 3 rings (SSSR count). The van der Waals surface area contributed by atoms with E-state index in [-0.39, 0.29) is 18.0 Å². The number of amides is 1. The highest BCUT2D eigenvalue weighted by Gasteiger charge is 2.13. The van der Waals surface area contributed by atoms with E-state index in [4.69, 9.17) is 23.2 Å². The summed E-state index contributed by atoms with van der Waals surface area (Å²) < 4.78 is 1.29. The van der Waals surface area contributed by atoms with Crippen molar-refractivity contribution in [2.24, 2.45) is 0 Å². The van der Waals surface area contributed by atoms with Crippen LogP contribution in [-0.4, -0.2) is 27.4 Å². The zero-order valence-electron chi connectivity index (χ0n) is 13.4. The monoisotopic (exact) mass is 375 g/mol. The maximum absolute atomic E-state index is 12.5. The summed E-state index contributed by atoms with van der Waals surface area (Å²) in [5.41, 5.74) is 1.21. The Hall–Kier alpha value is -2.37. The fourth-order valence-corrected chi connectivity index (χ4v) is 2.76. The second-order valence-corrected chi connectivity index (χ2v) is 6.59. The number of fused-ring (bicyclic) bond motifs is 1. The van der Waals surface area contributed by atoms with Gasteiger partial charge in [0, 0.05) is 23.6 Å². The van der Waals surface area contributed by atoms with Crippen molar-refractivity contribution >= 4 is 40.0 Å². The highest BCUT2D eigenvalue weighted by atomic mass is 35.5. The molecule has 0 radical (unpaired) electrons. The molecule has 128 valence electrons. The predicted molar refractivity (Wildman–Crippen MR) is 98.9 cm³/mol. The van der Waals surface area contributed by atoms with Gasteiger partial charge in [0.1, 0.15) is 6.54 Å². The van der Waals surface area contributed by atoms with Gasteiger partial charge in [-0.2, -0.15) is 0 Å². The lowest BCUT2D eigenvalue weighted by molar-refractivity contribution is -0.131. The van der Waals surface area contributed by atoms with E-state index in [2.05, 4.69) is 4.98 Å². The molecule has 0 bridgehead atoms. The van der Waals surface area contributed by atoms with Crippen molar-refractivity contribution in [2.45, 2.75) is 13.1 Å². The van der Waals surface area contributed by atoms with Crippen molar-refractivity contribution < 1.29 is 4.79 Å². The van der Waals surface area contributed by atoms with Gasteiger partial charge >= 0.3 is 0 Å². The molecule has 0 saturated carbocycles. The molecule has 7 heteroatoms. The van der Waals surface area contributed by atoms with Crippen molar-refractivity contribution in [1.82, 2.24) is 14.5 Å². The Balaban J connectivity index is 1.78. The lowest BCUT2D eigenvalue weighted by atomic mass is 10.2. The van der Waals surface area contributed by atoms with Gasteiger partial charge in [-0.3, -0.25) is 14.2 Å². The van der Waals surface area contributed by atoms with E-state index in [0.29, 0.717) is 27.5 Å². The number of likely N-dealkylation sites (N-methyl/N-ethyl adjacent to an activating group) is 1. The zero-order chi connectivity index (χ0) is 18.0. The Morgan fingerprint density at radius 3 is 2.52 bits per heavy atom. The molecule has 0 unspecified atom stereocenters. The minimum atomic E-state index is -0.291. The quantitative estimate of drug-likeness (QED) is 0.702. The molecule has 0 aliphatic rings. The Morgan fingerprint density at radius 2 is 1.80 bits per heavy atom. The zero-order valence-corrected chi connectivity index (χ0v) is 15.0. The summed E-state index contributed by atoms with van der Waals surface area (Å²) in [5, 5.41) is 1.49. The van der Waals surface area contributed by atoms with Crippen molar-refractivity contribution in [3.05, 3.63) is 74.8 Å². The van der Waals surface area contributed by atoms with Crippen LogP contribution < -0.4 is 5.56 Å². The minimum Gasteiger partial charge on any atom is -0.340 e. The van der Waals surface area contributed by atoms with Crippen LogP contribution >= 0.6 is 23.2 Å². The first-order chi connectivity index (χ1) is 11.9. The third kappa shape index (κ3) is 4.00. The molecule has 0 atom stereocenters. The molecule has 0 fully saturated rings. The fraction of sp³-hybridized carbons (Fsp3) is 0.167. The molecule has 0 aliphatic carbocycles. The molecule has 5 nitrogen and oxygen atoms in total. The van der Waals surface area contributed by atoms with Gasteiger partial charge in [0.25, 0.3) is 5.56 Å². The van der Waals surface area contributed by atoms with Crippen molar-refractivity contribution in [2.75, 3.05) is 7.05 Å². The Morgan fingerprint density at radius 1 is 1.12 bits per heavy atom. The van der Waals surface area contributed by atoms with Crippen LogP contribution in [0.25, 0.3) is 10.9 Å². The van der Waals surface area contributed by atoms with Gasteiger partial charge < -0.3 is 4.90 Å². The first kappa shape index (κ1) is 17.5. The number of carbonyl (C=O) groups is 1. The van der Waals surface area contributed by atoms with Crippen LogP contribution in [0.4, 0.5) is 0 Å². The third-order valence-corrected chi connectivity index (χ3v) is 4.34. The van der Waals surface area contributed by atoms with E-state index in [9.17, 15) is 9.59 Å². The number of hydrogen-bond acceptors (Lipinski definition) is 3. The molecule has 0 N–H and O–H groups in total. The summed E-state index contributed by atoms with van der Waals surface area (Å²) in [6.45, 7) is 0.343. The van der Waals surface area contributed by atoms with Crippen molar-refractivity contribution in [1.29, 1.82) is 0 Å². The topological polar surface area (TPSA) is 55.2 Å². The first-order valence-electron chi connectivity index (χ1n) is 7.57. The van der Waals surface area contributed by atoms with E-state index in [0.717, 1.165) is 5.56 Å². The second kappa shape index (κ2) is 7.25. The number of nitrogens with zero attached hydrogens (tertiary/aromatic N) is 3. The number of rotatable bonds is 4. The van der Waals surface area contributed by atoms with Crippen molar-refractivity contribution in [3.8, 4) is 0 Å². The molecule has 3 aromatic rings. The average molecular weight is 376 g/mol. The summed E-state index contributed by atoms with van der Waals surface area (Å²) in [7, 11) is 1.69. The lowest BCUT2D eigenvalue weighted by Gasteiger charge is -2.18. The molecular weight excluding hydrogens is 361 g/mol. The van der Waals surface area contributed by atoms with Gasteiger partial charge in [-0.05, 0) is 35.9 Å². The van der Waals surface area contributed by atoms with E-state index in [1.54, 1.807) is 42.3 Å². The summed E-state index contributed by atoms with van der Waals surface area (Å²) in [6.07, 6.45) is 1.38. The Kier molecular flexibility index (Phi) is 5.06. The van der Waals surface area contributed by atoms with Crippen LogP contribution in [0.15, 0.2) is 53.6 Å². The molecule has 1 amide bonds. The number of hydrogen-bond donors (Lipinski definition) is 0. The highest BCUT2D eigenvalue weighted by Crippen LogP contribution is 2.14. The normalized spacial score (nSPS) is 10.8. The van der Waals surface area contributed by atoms with Gasteiger partial charge in [0.2, 0.25) is 5.91 Å². The third-order valence-electron chi connectivity index (χ3n) is 3.85. The maximum atomic E-state index is 12.5. The standard InChI is InChI=1S/C18H15Cl2N3O2/c1-22(9-12-2-4-13(19)5-3-12)17(24)10-23-11-21-16-7-6-14(20)8-15(16)18(23)25/h2-8,11H,9-10H2,1H3. The second-order valence-electron chi connectivity index (χ2n) is 5.72. The number of aromatic nitrogens is 2. The number of halogens is 2. The molecular formula is C18H15Cl2N3O2. The largest absolute Gasteiger partial charge is 0.340 e. The lowest BCUT2D eigenvalue weighted by Crippen LogP contribution is -2.33. The maximum Gasteiger partial charge on any atom is 0.261 e. The van der Waals surface area contributed by atoms with Gasteiger partial charge in [-0.1, -0.05) is 35.3 Å². The van der Waals surface area contributed by atoms with Gasteiger partial charge in [0.05, 0.1) is 17.2 Å². The highest BCUT2D eigenvalue weighted by molar-refractivity contribution is 6.31. The van der Waals surface area contributed by atoms with Gasteiger partial charge in [-0.15, -0.1) is 0 Å². The SMILES string of the molecule is CN(Cc1ccc(Cl)cc1)C(=O)Cn1cnc2ccc(Cl)cc2c1=O. The predicted octanol–water partition coefficient (Wildman–Crippen LogP) is 3.36. The fourth-order valence-electron chi connectivity index (χ4n) is 2.46. The molecule has 25 heavy (non-hydrogen) atoms. The van der Waals surface area contributed by atoms with Crippen molar-refractivity contribution in [3.63, 3.8) is 0 Å². The molecule has 0 spiro atoms. The number of benzene rings is 2. The van der Waals surface area contributed by atoms with E-state index >= 15 is 0 Å².